The first kappa shape index (κ1) is 19.4. The zero-order valence-corrected chi connectivity index (χ0v) is 16.1. The van der Waals surface area contributed by atoms with Gasteiger partial charge in [-0.15, -0.1) is 0 Å². The minimum Gasteiger partial charge on any atom is -0.462 e. The summed E-state index contributed by atoms with van der Waals surface area (Å²) in [5, 5.41) is 0. The van der Waals surface area contributed by atoms with Crippen molar-refractivity contribution in [1.82, 2.24) is 0 Å². The van der Waals surface area contributed by atoms with Crippen LogP contribution in [0.5, 0.6) is 0 Å². The second-order valence-electron chi connectivity index (χ2n) is 5.01. The summed E-state index contributed by atoms with van der Waals surface area (Å²) in [6.07, 6.45) is 0. The van der Waals surface area contributed by atoms with E-state index in [-0.39, 0.29) is 28.1 Å². The maximum absolute atomic E-state index is 13.1. The third-order valence-corrected chi connectivity index (χ3v) is 6.29. The van der Waals surface area contributed by atoms with E-state index in [4.69, 9.17) is 4.74 Å². The summed E-state index contributed by atoms with van der Waals surface area (Å²) in [6, 6.07) is 9.35. The third-order valence-electron chi connectivity index (χ3n) is 3.41. The van der Waals surface area contributed by atoms with Gasteiger partial charge in [0.25, 0.3) is 10.0 Å². The number of halogens is 2. The van der Waals surface area contributed by atoms with E-state index in [1.165, 1.54) is 42.5 Å². The number of esters is 1. The highest BCUT2D eigenvalue weighted by molar-refractivity contribution is 9.10. The van der Waals surface area contributed by atoms with Crippen LogP contribution >= 0.6 is 15.9 Å². The lowest BCUT2D eigenvalue weighted by Gasteiger charge is -2.23. The van der Waals surface area contributed by atoms with E-state index >= 15 is 0 Å². The number of carbonyl (C=O) groups excluding carboxylic acids is 1. The van der Waals surface area contributed by atoms with Gasteiger partial charge in [-0.3, -0.25) is 4.31 Å². The zero-order valence-electron chi connectivity index (χ0n) is 13.7. The van der Waals surface area contributed by atoms with Gasteiger partial charge < -0.3 is 4.74 Å². The molecule has 2 rings (SSSR count). The Balaban J connectivity index is 2.44. The SMILES string of the molecule is CCOC(=O)c1ccc(S(=O)(=O)N(CC)c2ccc(F)cc2)c(Br)c1. The average molecular weight is 430 g/mol. The van der Waals surface area contributed by atoms with Gasteiger partial charge in [-0.05, 0) is 72.2 Å². The normalized spacial score (nSPS) is 11.2. The van der Waals surface area contributed by atoms with Crippen molar-refractivity contribution < 1.29 is 22.3 Å². The Bertz CT molecular complexity index is 869. The lowest BCUT2D eigenvalue weighted by molar-refractivity contribution is 0.0526. The van der Waals surface area contributed by atoms with E-state index in [1.807, 2.05) is 0 Å². The van der Waals surface area contributed by atoms with Crippen LogP contribution in [0, 0.1) is 5.82 Å². The molecule has 134 valence electrons. The average Bonchev–Trinajstić information content (AvgIpc) is 2.57. The molecule has 0 saturated carbocycles. The predicted molar refractivity (Wildman–Crippen MR) is 96.7 cm³/mol. The van der Waals surface area contributed by atoms with Gasteiger partial charge in [0.05, 0.1) is 17.9 Å². The van der Waals surface area contributed by atoms with Crippen LogP contribution in [0.4, 0.5) is 10.1 Å². The third kappa shape index (κ3) is 4.19. The van der Waals surface area contributed by atoms with Crippen LogP contribution in [0.25, 0.3) is 0 Å². The number of rotatable bonds is 6. The van der Waals surface area contributed by atoms with Crippen molar-refractivity contribution in [2.45, 2.75) is 18.7 Å². The molecule has 0 atom stereocenters. The standard InChI is InChI=1S/C17H17BrFNO4S/c1-3-20(14-8-6-13(19)7-9-14)25(22,23)16-10-5-12(11-15(16)18)17(21)24-4-2/h5-11H,3-4H2,1-2H3. The Kier molecular flexibility index (Phi) is 6.18. The molecule has 25 heavy (non-hydrogen) atoms. The first-order chi connectivity index (χ1) is 11.8. The molecule has 0 bridgehead atoms. The molecule has 0 aliphatic carbocycles. The van der Waals surface area contributed by atoms with Crippen LogP contribution < -0.4 is 4.31 Å². The number of hydrogen-bond acceptors (Lipinski definition) is 4. The van der Waals surface area contributed by atoms with Crippen molar-refractivity contribution in [3.63, 3.8) is 0 Å². The molecule has 0 aromatic heterocycles. The van der Waals surface area contributed by atoms with E-state index in [9.17, 15) is 17.6 Å². The molecule has 0 aliphatic heterocycles. The largest absolute Gasteiger partial charge is 0.462 e. The van der Waals surface area contributed by atoms with Crippen molar-refractivity contribution in [2.24, 2.45) is 0 Å². The van der Waals surface area contributed by atoms with Gasteiger partial charge in [0.1, 0.15) is 10.7 Å². The van der Waals surface area contributed by atoms with E-state index in [0.717, 1.165) is 4.31 Å². The molecule has 0 N–H and O–H groups in total. The molecule has 0 fully saturated rings. The monoisotopic (exact) mass is 429 g/mol. The van der Waals surface area contributed by atoms with Gasteiger partial charge in [-0.1, -0.05) is 0 Å². The maximum Gasteiger partial charge on any atom is 0.338 e. The Labute approximate surface area is 154 Å². The summed E-state index contributed by atoms with van der Waals surface area (Å²) in [7, 11) is -3.89. The quantitative estimate of drug-likeness (QED) is 0.651. The number of hydrogen-bond donors (Lipinski definition) is 0. The van der Waals surface area contributed by atoms with Crippen molar-refractivity contribution in [2.75, 3.05) is 17.5 Å². The molecule has 0 amide bonds. The molecule has 0 spiro atoms. The highest BCUT2D eigenvalue weighted by atomic mass is 79.9. The fourth-order valence-electron chi connectivity index (χ4n) is 2.27. The summed E-state index contributed by atoms with van der Waals surface area (Å²) in [5.41, 5.74) is 0.600. The van der Waals surface area contributed by atoms with E-state index in [1.54, 1.807) is 13.8 Å². The molecule has 0 heterocycles. The van der Waals surface area contributed by atoms with Crippen LogP contribution in [0.2, 0.25) is 0 Å². The number of benzene rings is 2. The van der Waals surface area contributed by atoms with Crippen molar-refractivity contribution in [3.05, 3.63) is 58.3 Å². The lowest BCUT2D eigenvalue weighted by Crippen LogP contribution is -2.31. The first-order valence-corrected chi connectivity index (χ1v) is 9.79. The van der Waals surface area contributed by atoms with Crippen LogP contribution in [-0.4, -0.2) is 27.5 Å². The second-order valence-corrected chi connectivity index (χ2v) is 7.70. The predicted octanol–water partition coefficient (Wildman–Crippen LogP) is 3.98. The van der Waals surface area contributed by atoms with Gasteiger partial charge >= 0.3 is 5.97 Å². The van der Waals surface area contributed by atoms with Gasteiger partial charge in [-0.25, -0.2) is 17.6 Å². The smallest absolute Gasteiger partial charge is 0.338 e. The second kappa shape index (κ2) is 7.97. The minimum atomic E-state index is -3.89. The molecule has 2 aromatic carbocycles. The highest BCUT2D eigenvalue weighted by Gasteiger charge is 2.26. The Morgan fingerprint density at radius 2 is 1.80 bits per heavy atom. The van der Waals surface area contributed by atoms with E-state index < -0.39 is 21.8 Å². The van der Waals surface area contributed by atoms with Gasteiger partial charge in [0, 0.05) is 11.0 Å². The molecule has 0 radical (unpaired) electrons. The van der Waals surface area contributed by atoms with Crippen LogP contribution in [0.3, 0.4) is 0 Å². The number of carbonyl (C=O) groups is 1. The number of nitrogens with zero attached hydrogens (tertiary/aromatic N) is 1. The Morgan fingerprint density at radius 1 is 1.16 bits per heavy atom. The minimum absolute atomic E-state index is 0.00623. The van der Waals surface area contributed by atoms with E-state index in [0.29, 0.717) is 5.69 Å². The fraction of sp³-hybridized carbons (Fsp3) is 0.235. The number of ether oxygens (including phenoxy) is 1. The van der Waals surface area contributed by atoms with Crippen LogP contribution in [-0.2, 0) is 14.8 Å². The van der Waals surface area contributed by atoms with Gasteiger partial charge in [-0.2, -0.15) is 0 Å². The van der Waals surface area contributed by atoms with Gasteiger partial charge in [0.15, 0.2) is 0 Å². The van der Waals surface area contributed by atoms with Crippen molar-refractivity contribution in [3.8, 4) is 0 Å². The number of anilines is 1. The molecule has 2 aromatic rings. The summed E-state index contributed by atoms with van der Waals surface area (Å²) in [4.78, 5) is 11.8. The molecule has 0 unspecified atom stereocenters. The van der Waals surface area contributed by atoms with Gasteiger partial charge in [0.2, 0.25) is 0 Å². The van der Waals surface area contributed by atoms with E-state index in [2.05, 4.69) is 15.9 Å². The van der Waals surface area contributed by atoms with Crippen LogP contribution in [0.1, 0.15) is 24.2 Å². The molecule has 0 saturated heterocycles. The topological polar surface area (TPSA) is 63.7 Å². The van der Waals surface area contributed by atoms with Crippen molar-refractivity contribution in [1.29, 1.82) is 0 Å². The van der Waals surface area contributed by atoms with Crippen molar-refractivity contribution >= 4 is 37.6 Å². The summed E-state index contributed by atoms with van der Waals surface area (Å²) < 4.78 is 45.3. The maximum atomic E-state index is 13.1. The molecular formula is C17H17BrFNO4S. The Hall–Kier alpha value is -1.93. The summed E-state index contributed by atoms with van der Waals surface area (Å²) in [5.74, 6) is -0.977. The molecular weight excluding hydrogens is 413 g/mol. The number of sulfonamides is 1. The summed E-state index contributed by atoms with van der Waals surface area (Å²) in [6.45, 7) is 3.76. The highest BCUT2D eigenvalue weighted by Crippen LogP contribution is 2.29. The fourth-order valence-corrected chi connectivity index (χ4v) is 4.78. The molecule has 0 aliphatic rings. The lowest BCUT2D eigenvalue weighted by atomic mass is 10.2. The zero-order chi connectivity index (χ0) is 18.6. The molecule has 5 nitrogen and oxygen atoms in total. The Morgan fingerprint density at radius 3 is 2.32 bits per heavy atom. The first-order valence-electron chi connectivity index (χ1n) is 7.56. The molecule has 8 heteroatoms. The van der Waals surface area contributed by atoms with Crippen LogP contribution in [0.15, 0.2) is 51.8 Å². The summed E-state index contributed by atoms with van der Waals surface area (Å²) >= 11 is 3.21.